The monoisotopic (exact) mass is 536 g/mol. The zero-order valence-corrected chi connectivity index (χ0v) is 19.5. The van der Waals surface area contributed by atoms with Crippen LogP contribution in [0.25, 0.3) is 64.6 Å². The second kappa shape index (κ2) is 7.74. The van der Waals surface area contributed by atoms with Crippen LogP contribution in [0.15, 0.2) is 105 Å². The molecule has 4 aromatic carbocycles. The molecule has 0 unspecified atom stereocenters. The minimum Gasteiger partial charge on any atom is -0.386 e. The minimum absolute atomic E-state index is 0.113. The lowest BCUT2D eigenvalue weighted by molar-refractivity contribution is 0.499. The van der Waals surface area contributed by atoms with Crippen molar-refractivity contribution >= 4 is 64.6 Å². The Kier molecular flexibility index (Phi) is 4.47. The largest absolute Gasteiger partial charge is 0.386 e. The van der Waals surface area contributed by atoms with Gasteiger partial charge in [-0.3, -0.25) is 0 Å². The SMILES string of the molecule is O=c1oc(=O)c2c1ccc1c2ccc2c(=O)oc(=O)c21.O=c1oc(=O)c2cc3cc4c(=O)oc(=O)c4cc3cc12. The zero-order chi connectivity index (χ0) is 28.0. The quantitative estimate of drug-likeness (QED) is 0.270. The molecule has 8 aromatic rings. The van der Waals surface area contributed by atoms with E-state index in [2.05, 4.69) is 17.7 Å². The smallest absolute Gasteiger partial charge is 0.347 e. The van der Waals surface area contributed by atoms with E-state index in [-0.39, 0.29) is 43.1 Å². The fraction of sp³-hybridized carbons (Fsp3) is 0. The molecule has 0 bridgehead atoms. The summed E-state index contributed by atoms with van der Waals surface area (Å²) in [6.45, 7) is 0. The predicted molar refractivity (Wildman–Crippen MR) is 142 cm³/mol. The van der Waals surface area contributed by atoms with E-state index in [1.54, 1.807) is 0 Å². The van der Waals surface area contributed by atoms with Gasteiger partial charge in [-0.2, -0.15) is 0 Å². The third-order valence-corrected chi connectivity index (χ3v) is 6.78. The first kappa shape index (κ1) is 23.1. The second-order valence-corrected chi connectivity index (χ2v) is 8.92. The van der Waals surface area contributed by atoms with Crippen molar-refractivity contribution in [3.05, 3.63) is 132 Å². The van der Waals surface area contributed by atoms with E-state index >= 15 is 0 Å². The van der Waals surface area contributed by atoms with Gasteiger partial charge in [0.05, 0.1) is 43.1 Å². The fourth-order valence-corrected chi connectivity index (χ4v) is 4.98. The lowest BCUT2D eigenvalue weighted by Gasteiger charge is -1.97. The molecule has 0 N–H and O–H groups in total. The van der Waals surface area contributed by atoms with Crippen molar-refractivity contribution in [1.82, 2.24) is 0 Å². The number of furan rings is 4. The van der Waals surface area contributed by atoms with Crippen molar-refractivity contribution in [2.24, 2.45) is 0 Å². The Labute approximate surface area is 214 Å². The van der Waals surface area contributed by atoms with Gasteiger partial charge in [-0.1, -0.05) is 12.1 Å². The van der Waals surface area contributed by atoms with Crippen molar-refractivity contribution in [1.29, 1.82) is 0 Å². The van der Waals surface area contributed by atoms with E-state index < -0.39 is 45.0 Å². The van der Waals surface area contributed by atoms with Gasteiger partial charge in [-0.25, -0.2) is 38.4 Å². The molecular weight excluding hydrogens is 528 g/mol. The molecule has 0 saturated heterocycles. The van der Waals surface area contributed by atoms with Crippen LogP contribution in [-0.4, -0.2) is 0 Å². The van der Waals surface area contributed by atoms with Crippen molar-refractivity contribution in [3.8, 4) is 0 Å². The van der Waals surface area contributed by atoms with Crippen molar-refractivity contribution < 1.29 is 17.7 Å². The summed E-state index contributed by atoms with van der Waals surface area (Å²) in [6.07, 6.45) is 0. The lowest BCUT2D eigenvalue weighted by Crippen LogP contribution is -1.95. The molecule has 0 amide bonds. The summed E-state index contributed by atoms with van der Waals surface area (Å²) in [6, 6.07) is 11.7. The van der Waals surface area contributed by atoms with Crippen molar-refractivity contribution in [3.63, 3.8) is 0 Å². The van der Waals surface area contributed by atoms with Crippen molar-refractivity contribution in [2.75, 3.05) is 0 Å². The van der Waals surface area contributed by atoms with Crippen LogP contribution in [0.4, 0.5) is 0 Å². The first-order valence-electron chi connectivity index (χ1n) is 11.4. The third-order valence-electron chi connectivity index (χ3n) is 6.78. The van der Waals surface area contributed by atoms with Gasteiger partial charge in [-0.15, -0.1) is 0 Å². The van der Waals surface area contributed by atoms with Crippen LogP contribution in [-0.2, 0) is 0 Å². The van der Waals surface area contributed by atoms with E-state index in [0.29, 0.717) is 21.5 Å². The van der Waals surface area contributed by atoms with E-state index in [4.69, 9.17) is 0 Å². The van der Waals surface area contributed by atoms with Gasteiger partial charge in [0.1, 0.15) is 0 Å². The zero-order valence-electron chi connectivity index (χ0n) is 19.5. The number of rotatable bonds is 0. The van der Waals surface area contributed by atoms with Crippen LogP contribution in [0.1, 0.15) is 0 Å². The Morgan fingerprint density at radius 1 is 0.300 bits per heavy atom. The summed E-state index contributed by atoms with van der Waals surface area (Å²) in [5, 5.41) is 3.04. The molecule has 0 aliphatic carbocycles. The van der Waals surface area contributed by atoms with Gasteiger partial charge in [0, 0.05) is 0 Å². The molecule has 4 aromatic heterocycles. The van der Waals surface area contributed by atoms with Gasteiger partial charge in [-0.05, 0) is 57.9 Å². The molecule has 0 aliphatic rings. The van der Waals surface area contributed by atoms with E-state index in [9.17, 15) is 38.4 Å². The first-order chi connectivity index (χ1) is 19.1. The average Bonchev–Trinajstić information content (AvgIpc) is 3.58. The van der Waals surface area contributed by atoms with Crippen LogP contribution in [0.5, 0.6) is 0 Å². The number of hydrogen-bond donors (Lipinski definition) is 0. The molecule has 0 saturated carbocycles. The molecule has 0 fully saturated rings. The molecule has 12 nitrogen and oxygen atoms in total. The highest BCUT2D eigenvalue weighted by molar-refractivity contribution is 6.16. The number of benzene rings is 4. The summed E-state index contributed by atoms with van der Waals surface area (Å²) in [5.41, 5.74) is -5.81. The standard InChI is InChI=1S/2C14H4O6/c15-11-7-1-5-2-9-10(14(18)20-13(9)17)4-6(5)3-8(7)12(16)19-11;15-11-7-3-1-5-6(10(7)14(18)19-11)2-4-8-9(5)13(17)20-12(8)16/h2*1-4H. The molecule has 12 heteroatoms. The number of fused-ring (bicyclic) bond motifs is 8. The molecule has 0 atom stereocenters. The molecule has 40 heavy (non-hydrogen) atoms. The van der Waals surface area contributed by atoms with E-state index in [1.807, 2.05) is 0 Å². The van der Waals surface area contributed by atoms with Crippen LogP contribution >= 0.6 is 0 Å². The summed E-state index contributed by atoms with van der Waals surface area (Å²) in [5.74, 6) is 0. The molecule has 8 rings (SSSR count). The summed E-state index contributed by atoms with van der Waals surface area (Å²) in [7, 11) is 0. The van der Waals surface area contributed by atoms with Gasteiger partial charge in [0.2, 0.25) is 0 Å². The van der Waals surface area contributed by atoms with Crippen LogP contribution in [0.2, 0.25) is 0 Å². The number of hydrogen-bond acceptors (Lipinski definition) is 12. The maximum absolute atomic E-state index is 11.7. The highest BCUT2D eigenvalue weighted by atomic mass is 16.4. The predicted octanol–water partition coefficient (Wildman–Crippen LogP) is 1.30. The third kappa shape index (κ3) is 3.07. The fourth-order valence-electron chi connectivity index (χ4n) is 4.98. The average molecular weight is 536 g/mol. The maximum atomic E-state index is 11.7. The normalized spacial score (nSPS) is 11.8. The summed E-state index contributed by atoms with van der Waals surface area (Å²) in [4.78, 5) is 92.3. The van der Waals surface area contributed by atoms with E-state index in [0.717, 1.165) is 0 Å². The van der Waals surface area contributed by atoms with E-state index in [1.165, 1.54) is 48.5 Å². The highest BCUT2D eigenvalue weighted by Gasteiger charge is 2.18. The first-order valence-corrected chi connectivity index (χ1v) is 11.4. The van der Waals surface area contributed by atoms with Gasteiger partial charge < -0.3 is 17.7 Å². The Hall–Kier alpha value is -6.04. The van der Waals surface area contributed by atoms with Crippen LogP contribution in [0.3, 0.4) is 0 Å². The van der Waals surface area contributed by atoms with Crippen LogP contribution in [0, 0.1) is 0 Å². The molecular formula is C28H8O12. The molecule has 192 valence electrons. The molecule has 0 aliphatic heterocycles. The Balaban J connectivity index is 0.000000132. The minimum atomic E-state index is -0.756. The second-order valence-electron chi connectivity index (χ2n) is 8.92. The van der Waals surface area contributed by atoms with Gasteiger partial charge in [0.25, 0.3) is 0 Å². The molecule has 0 spiro atoms. The Morgan fingerprint density at radius 3 is 0.875 bits per heavy atom. The van der Waals surface area contributed by atoms with Crippen molar-refractivity contribution in [2.45, 2.75) is 0 Å². The molecule has 4 heterocycles. The lowest BCUT2D eigenvalue weighted by atomic mass is 10.0. The summed E-state index contributed by atoms with van der Waals surface area (Å²) < 4.78 is 18.1. The highest BCUT2D eigenvalue weighted by Crippen LogP contribution is 2.26. The Morgan fingerprint density at radius 2 is 0.550 bits per heavy atom. The summed E-state index contributed by atoms with van der Waals surface area (Å²) >= 11 is 0. The maximum Gasteiger partial charge on any atom is 0.347 e. The topological polar surface area (TPSA) is 189 Å². The molecule has 0 radical (unpaired) electrons. The Bertz CT molecular complexity index is 2510. The van der Waals surface area contributed by atoms with Gasteiger partial charge in [0.15, 0.2) is 0 Å². The van der Waals surface area contributed by atoms with Gasteiger partial charge >= 0.3 is 45.0 Å². The van der Waals surface area contributed by atoms with Crippen LogP contribution < -0.4 is 45.0 Å².